The molecular weight excluding hydrogens is 360 g/mol. The van der Waals surface area contributed by atoms with Gasteiger partial charge in [-0.2, -0.15) is 0 Å². The Hall–Kier alpha value is -3.99. The van der Waals surface area contributed by atoms with Crippen molar-refractivity contribution in [3.8, 4) is 11.3 Å². The van der Waals surface area contributed by atoms with Crippen molar-refractivity contribution in [3.63, 3.8) is 0 Å². The van der Waals surface area contributed by atoms with Crippen LogP contribution >= 0.6 is 0 Å². The van der Waals surface area contributed by atoms with Crippen LogP contribution in [0.1, 0.15) is 16.1 Å². The van der Waals surface area contributed by atoms with Crippen LogP contribution in [0, 0.1) is 0 Å². The summed E-state index contributed by atoms with van der Waals surface area (Å²) in [4.78, 5) is 25.2. The first-order chi connectivity index (χ1) is 14.3. The fourth-order valence-electron chi connectivity index (χ4n) is 3.54. The van der Waals surface area contributed by atoms with Crippen LogP contribution in [0.25, 0.3) is 33.1 Å². The average molecular weight is 378 g/mol. The van der Waals surface area contributed by atoms with E-state index in [9.17, 15) is 4.79 Å². The summed E-state index contributed by atoms with van der Waals surface area (Å²) in [5.41, 5.74) is 5.02. The maximum atomic E-state index is 12.9. The number of H-pyrrole nitrogens is 1. The van der Waals surface area contributed by atoms with Crippen molar-refractivity contribution in [2.45, 2.75) is 6.54 Å². The number of hydrogen-bond acceptors (Lipinski definition) is 3. The van der Waals surface area contributed by atoms with Crippen molar-refractivity contribution in [2.75, 3.05) is 0 Å². The summed E-state index contributed by atoms with van der Waals surface area (Å²) in [6, 6.07) is 23.7. The molecule has 0 fully saturated rings. The van der Waals surface area contributed by atoms with Crippen molar-refractivity contribution in [3.05, 3.63) is 96.4 Å². The van der Waals surface area contributed by atoms with Gasteiger partial charge in [-0.15, -0.1) is 0 Å². The number of fused-ring (bicyclic) bond motifs is 3. The van der Waals surface area contributed by atoms with E-state index in [2.05, 4.69) is 21.4 Å². The van der Waals surface area contributed by atoms with Crippen LogP contribution in [0.2, 0.25) is 0 Å². The molecule has 0 bridgehead atoms. The van der Waals surface area contributed by atoms with Gasteiger partial charge in [-0.05, 0) is 23.8 Å². The Bertz CT molecular complexity index is 1310. The first kappa shape index (κ1) is 17.1. The van der Waals surface area contributed by atoms with Crippen molar-refractivity contribution in [1.82, 2.24) is 20.3 Å². The van der Waals surface area contributed by atoms with E-state index in [-0.39, 0.29) is 5.91 Å². The zero-order valence-electron chi connectivity index (χ0n) is 15.6. The van der Waals surface area contributed by atoms with Crippen LogP contribution in [-0.2, 0) is 6.54 Å². The highest BCUT2D eigenvalue weighted by atomic mass is 16.1. The molecule has 0 aliphatic heterocycles. The van der Waals surface area contributed by atoms with E-state index < -0.39 is 0 Å². The van der Waals surface area contributed by atoms with Gasteiger partial charge in [0.15, 0.2) is 0 Å². The molecule has 5 aromatic rings. The smallest absolute Gasteiger partial charge is 0.270 e. The summed E-state index contributed by atoms with van der Waals surface area (Å²) in [7, 11) is 0. The molecule has 1 amide bonds. The second-order valence-corrected chi connectivity index (χ2v) is 6.86. The molecule has 0 atom stereocenters. The summed E-state index contributed by atoms with van der Waals surface area (Å²) in [5.74, 6) is -0.210. The Morgan fingerprint density at radius 1 is 0.931 bits per heavy atom. The largest absolute Gasteiger partial charge is 0.353 e. The molecule has 3 aromatic heterocycles. The summed E-state index contributed by atoms with van der Waals surface area (Å²) in [5, 5.41) is 5.01. The first-order valence-electron chi connectivity index (χ1n) is 9.43. The van der Waals surface area contributed by atoms with E-state index >= 15 is 0 Å². The van der Waals surface area contributed by atoms with Crippen LogP contribution < -0.4 is 5.32 Å². The quantitative estimate of drug-likeness (QED) is 0.476. The van der Waals surface area contributed by atoms with E-state index in [0.717, 1.165) is 38.6 Å². The minimum Gasteiger partial charge on any atom is -0.353 e. The number of carbonyl (C=O) groups excluding carboxylic acids is 1. The lowest BCUT2D eigenvalue weighted by Gasteiger charge is -2.08. The molecule has 5 heteroatoms. The molecule has 0 saturated heterocycles. The summed E-state index contributed by atoms with van der Waals surface area (Å²) >= 11 is 0. The molecular formula is C24H18N4O. The topological polar surface area (TPSA) is 70.7 Å². The second kappa shape index (κ2) is 7.20. The van der Waals surface area contributed by atoms with Gasteiger partial charge in [0.1, 0.15) is 5.69 Å². The van der Waals surface area contributed by atoms with Crippen LogP contribution in [0.5, 0.6) is 0 Å². The monoisotopic (exact) mass is 378 g/mol. The second-order valence-electron chi connectivity index (χ2n) is 6.86. The first-order valence-corrected chi connectivity index (χ1v) is 9.43. The van der Waals surface area contributed by atoms with E-state index in [1.807, 2.05) is 66.7 Å². The van der Waals surface area contributed by atoms with Gasteiger partial charge in [-0.25, -0.2) is 4.98 Å². The van der Waals surface area contributed by atoms with Gasteiger partial charge in [0.25, 0.3) is 5.91 Å². The molecule has 140 valence electrons. The normalized spacial score (nSPS) is 11.0. The molecule has 5 nitrogen and oxygen atoms in total. The lowest BCUT2D eigenvalue weighted by atomic mass is 10.1. The fraction of sp³-hybridized carbons (Fsp3) is 0.0417. The lowest BCUT2D eigenvalue weighted by Crippen LogP contribution is -2.24. The number of hydrogen-bond donors (Lipinski definition) is 2. The predicted octanol–water partition coefficient (Wildman–Crippen LogP) is 4.71. The third-order valence-electron chi connectivity index (χ3n) is 4.95. The summed E-state index contributed by atoms with van der Waals surface area (Å²) in [6.07, 6.45) is 3.45. The SMILES string of the molecule is O=C(NCc1cccnc1)c1cc2c([nH]c3ccccc32)c(-c2ccccc2)n1. The van der Waals surface area contributed by atoms with Crippen LogP contribution in [0.15, 0.2) is 85.2 Å². The molecule has 2 aromatic carbocycles. The van der Waals surface area contributed by atoms with Gasteiger partial charge >= 0.3 is 0 Å². The van der Waals surface area contributed by atoms with Crippen molar-refractivity contribution >= 4 is 27.7 Å². The van der Waals surface area contributed by atoms with Gasteiger partial charge in [0, 0.05) is 40.8 Å². The molecule has 0 spiro atoms. The maximum Gasteiger partial charge on any atom is 0.270 e. The average Bonchev–Trinajstić information content (AvgIpc) is 3.17. The highest BCUT2D eigenvalue weighted by Gasteiger charge is 2.16. The molecule has 0 saturated carbocycles. The minimum absolute atomic E-state index is 0.210. The zero-order chi connectivity index (χ0) is 19.6. The van der Waals surface area contributed by atoms with Gasteiger partial charge in [-0.1, -0.05) is 54.6 Å². The molecule has 5 rings (SSSR count). The molecule has 0 aliphatic carbocycles. The van der Waals surface area contributed by atoms with E-state index in [1.165, 1.54) is 0 Å². The van der Waals surface area contributed by atoms with Gasteiger partial charge < -0.3 is 10.3 Å². The molecule has 29 heavy (non-hydrogen) atoms. The standard InChI is InChI=1S/C24H18N4O/c29-24(26-15-16-7-6-12-25-14-16)21-13-19-18-10-4-5-11-20(18)27-23(19)22(28-21)17-8-2-1-3-9-17/h1-14,27H,15H2,(H,26,29). The van der Waals surface area contributed by atoms with Gasteiger partial charge in [-0.3, -0.25) is 9.78 Å². The van der Waals surface area contributed by atoms with Crippen LogP contribution in [0.3, 0.4) is 0 Å². The van der Waals surface area contributed by atoms with Gasteiger partial charge in [0.05, 0.1) is 11.2 Å². The Balaban J connectivity index is 1.62. The number of rotatable bonds is 4. The van der Waals surface area contributed by atoms with E-state index in [4.69, 9.17) is 4.98 Å². The Labute approximate surface area is 167 Å². The minimum atomic E-state index is -0.210. The molecule has 0 aliphatic rings. The van der Waals surface area contributed by atoms with Crippen molar-refractivity contribution in [2.24, 2.45) is 0 Å². The third kappa shape index (κ3) is 3.23. The van der Waals surface area contributed by atoms with Crippen LogP contribution in [-0.4, -0.2) is 20.9 Å². The Kier molecular flexibility index (Phi) is 4.26. The molecule has 0 radical (unpaired) electrons. The Morgan fingerprint density at radius 2 is 1.76 bits per heavy atom. The third-order valence-corrected chi connectivity index (χ3v) is 4.95. The van der Waals surface area contributed by atoms with Gasteiger partial charge in [0.2, 0.25) is 0 Å². The zero-order valence-corrected chi connectivity index (χ0v) is 15.6. The number of aromatic amines is 1. The number of nitrogens with zero attached hydrogens (tertiary/aromatic N) is 2. The predicted molar refractivity (Wildman–Crippen MR) is 114 cm³/mol. The fourth-order valence-corrected chi connectivity index (χ4v) is 3.54. The number of carbonyl (C=O) groups is 1. The number of amides is 1. The highest BCUT2D eigenvalue weighted by molar-refractivity contribution is 6.13. The number of pyridine rings is 2. The number of aromatic nitrogens is 3. The summed E-state index contributed by atoms with van der Waals surface area (Å²) < 4.78 is 0. The molecule has 2 N–H and O–H groups in total. The summed E-state index contributed by atoms with van der Waals surface area (Å²) in [6.45, 7) is 0.404. The van der Waals surface area contributed by atoms with E-state index in [1.54, 1.807) is 12.4 Å². The Morgan fingerprint density at radius 3 is 2.59 bits per heavy atom. The number of para-hydroxylation sites is 1. The number of nitrogens with one attached hydrogen (secondary N) is 2. The molecule has 0 unspecified atom stereocenters. The lowest BCUT2D eigenvalue weighted by molar-refractivity contribution is 0.0946. The van der Waals surface area contributed by atoms with E-state index in [0.29, 0.717) is 12.2 Å². The highest BCUT2D eigenvalue weighted by Crippen LogP contribution is 2.32. The van der Waals surface area contributed by atoms with Crippen molar-refractivity contribution in [1.29, 1.82) is 0 Å². The van der Waals surface area contributed by atoms with Crippen LogP contribution in [0.4, 0.5) is 0 Å². The molecule has 3 heterocycles. The number of benzene rings is 2. The maximum absolute atomic E-state index is 12.9. The van der Waals surface area contributed by atoms with Crippen molar-refractivity contribution < 1.29 is 4.79 Å².